The first kappa shape index (κ1) is 20.0. The van der Waals surface area contributed by atoms with Gasteiger partial charge in [0.15, 0.2) is 6.61 Å². The van der Waals surface area contributed by atoms with E-state index < -0.39 is 0 Å². The predicted octanol–water partition coefficient (Wildman–Crippen LogP) is 4.01. The molecule has 0 atom stereocenters. The maximum absolute atomic E-state index is 11.8. The highest BCUT2D eigenvalue weighted by atomic mass is 79.9. The van der Waals surface area contributed by atoms with Gasteiger partial charge in [-0.05, 0) is 49.9 Å². The van der Waals surface area contributed by atoms with E-state index in [-0.39, 0.29) is 30.3 Å². The van der Waals surface area contributed by atoms with Crippen LogP contribution in [0.2, 0.25) is 0 Å². The second-order valence-corrected chi connectivity index (χ2v) is 7.27. The van der Waals surface area contributed by atoms with Gasteiger partial charge in [-0.1, -0.05) is 29.8 Å². The van der Waals surface area contributed by atoms with Crippen molar-refractivity contribution in [2.75, 3.05) is 12.4 Å². The van der Waals surface area contributed by atoms with E-state index in [1.54, 1.807) is 0 Å². The third-order valence-corrected chi connectivity index (χ3v) is 5.50. The minimum absolute atomic E-state index is 0.143. The van der Waals surface area contributed by atoms with Gasteiger partial charge in [0, 0.05) is 15.4 Å². The molecule has 0 bridgehead atoms. The number of hydrogen-bond acceptors (Lipinski definition) is 4. The maximum atomic E-state index is 11.8. The first-order valence-corrected chi connectivity index (χ1v) is 9.49. The highest BCUT2D eigenvalue weighted by Crippen LogP contribution is 2.28. The molecule has 0 aliphatic heterocycles. The van der Waals surface area contributed by atoms with Crippen LogP contribution in [-0.4, -0.2) is 30.3 Å². The summed E-state index contributed by atoms with van der Waals surface area (Å²) in [6, 6.07) is 4.22. The molecular formula is C17H24BrNO3S. The summed E-state index contributed by atoms with van der Waals surface area (Å²) in [5, 5.41) is 2.84. The summed E-state index contributed by atoms with van der Waals surface area (Å²) >= 11 is 4.91. The van der Waals surface area contributed by atoms with Crippen LogP contribution in [0.15, 0.2) is 21.5 Å². The number of rotatable bonds is 8. The average molecular weight is 402 g/mol. The van der Waals surface area contributed by atoms with Gasteiger partial charge in [0.25, 0.3) is 5.91 Å². The van der Waals surface area contributed by atoms with Gasteiger partial charge < -0.3 is 10.1 Å². The molecule has 0 radical (unpaired) electrons. The Hall–Kier alpha value is -1.01. The molecule has 0 aromatic heterocycles. The van der Waals surface area contributed by atoms with Gasteiger partial charge in [0.2, 0.25) is 0 Å². The summed E-state index contributed by atoms with van der Waals surface area (Å²) in [4.78, 5) is 24.5. The molecule has 128 valence electrons. The number of hydrogen-bond donors (Lipinski definition) is 1. The predicted molar refractivity (Wildman–Crippen MR) is 97.8 cm³/mol. The number of amides is 1. The molecule has 0 saturated carbocycles. The summed E-state index contributed by atoms with van der Waals surface area (Å²) in [6.07, 6.45) is 1.74. The number of thioether (sulfide) groups is 1. The highest BCUT2D eigenvalue weighted by molar-refractivity contribution is 9.10. The van der Waals surface area contributed by atoms with Gasteiger partial charge >= 0.3 is 5.97 Å². The lowest BCUT2D eigenvalue weighted by Crippen LogP contribution is -2.37. The van der Waals surface area contributed by atoms with Crippen molar-refractivity contribution < 1.29 is 14.3 Å². The minimum Gasteiger partial charge on any atom is -0.455 e. The van der Waals surface area contributed by atoms with Crippen LogP contribution in [0.4, 0.5) is 0 Å². The second-order valence-electron chi connectivity index (χ2n) is 5.40. The molecule has 0 aliphatic rings. The summed E-state index contributed by atoms with van der Waals surface area (Å²) in [6.45, 7) is 7.82. The number of ether oxygens (including phenoxy) is 1. The van der Waals surface area contributed by atoms with E-state index in [0.717, 1.165) is 33.3 Å². The van der Waals surface area contributed by atoms with E-state index in [1.807, 2.05) is 39.8 Å². The third-order valence-electron chi connectivity index (χ3n) is 3.52. The Bertz CT molecular complexity index is 559. The molecule has 6 heteroatoms. The Morgan fingerprint density at radius 1 is 1.22 bits per heavy atom. The zero-order valence-corrected chi connectivity index (χ0v) is 16.5. The van der Waals surface area contributed by atoms with Crippen molar-refractivity contribution in [2.24, 2.45) is 0 Å². The molecule has 1 N–H and O–H groups in total. The van der Waals surface area contributed by atoms with E-state index >= 15 is 0 Å². The van der Waals surface area contributed by atoms with Crippen LogP contribution in [0.3, 0.4) is 0 Å². The molecule has 4 nitrogen and oxygen atoms in total. The molecular weight excluding hydrogens is 378 g/mol. The SMILES string of the molecule is CCC(CC)NC(=O)COC(=O)CSc1cc(C)c(Br)cc1C. The molecule has 0 spiro atoms. The number of nitrogens with one attached hydrogen (secondary N) is 1. The van der Waals surface area contributed by atoms with Crippen molar-refractivity contribution in [1.82, 2.24) is 5.32 Å². The molecule has 0 saturated heterocycles. The van der Waals surface area contributed by atoms with E-state index in [1.165, 1.54) is 11.8 Å². The van der Waals surface area contributed by atoms with Crippen molar-refractivity contribution in [3.05, 3.63) is 27.7 Å². The second kappa shape index (κ2) is 9.98. The molecule has 1 amide bonds. The molecule has 1 aromatic rings. The van der Waals surface area contributed by atoms with Gasteiger partial charge in [-0.15, -0.1) is 11.8 Å². The quantitative estimate of drug-likeness (QED) is 0.528. The zero-order chi connectivity index (χ0) is 17.4. The summed E-state index contributed by atoms with van der Waals surface area (Å²) in [7, 11) is 0. The molecule has 0 heterocycles. The Balaban J connectivity index is 2.40. The van der Waals surface area contributed by atoms with Gasteiger partial charge in [-0.3, -0.25) is 9.59 Å². The minimum atomic E-state index is -0.380. The van der Waals surface area contributed by atoms with Crippen molar-refractivity contribution >= 4 is 39.6 Å². The summed E-state index contributed by atoms with van der Waals surface area (Å²) in [5.74, 6) is -0.428. The van der Waals surface area contributed by atoms with Crippen LogP contribution < -0.4 is 5.32 Å². The van der Waals surface area contributed by atoms with Gasteiger partial charge in [-0.25, -0.2) is 0 Å². The molecule has 23 heavy (non-hydrogen) atoms. The lowest BCUT2D eigenvalue weighted by atomic mass is 10.2. The number of aryl methyl sites for hydroxylation is 2. The number of benzene rings is 1. The molecule has 0 unspecified atom stereocenters. The molecule has 0 fully saturated rings. The molecule has 1 aromatic carbocycles. The summed E-state index contributed by atoms with van der Waals surface area (Å²) < 4.78 is 6.08. The van der Waals surface area contributed by atoms with E-state index in [0.29, 0.717) is 0 Å². The van der Waals surface area contributed by atoms with E-state index in [9.17, 15) is 9.59 Å². The van der Waals surface area contributed by atoms with Crippen LogP contribution in [0.1, 0.15) is 37.8 Å². The van der Waals surface area contributed by atoms with Crippen molar-refractivity contribution in [2.45, 2.75) is 51.5 Å². The lowest BCUT2D eigenvalue weighted by molar-refractivity contribution is -0.146. The topological polar surface area (TPSA) is 55.4 Å². The van der Waals surface area contributed by atoms with Crippen molar-refractivity contribution in [3.8, 4) is 0 Å². The number of halogens is 1. The van der Waals surface area contributed by atoms with Crippen LogP contribution in [0, 0.1) is 13.8 Å². The molecule has 0 aliphatic carbocycles. The first-order chi connectivity index (χ1) is 10.9. The van der Waals surface area contributed by atoms with Crippen molar-refractivity contribution in [3.63, 3.8) is 0 Å². The molecule has 1 rings (SSSR count). The number of esters is 1. The average Bonchev–Trinajstić information content (AvgIpc) is 2.52. The van der Waals surface area contributed by atoms with Gasteiger partial charge in [-0.2, -0.15) is 0 Å². The van der Waals surface area contributed by atoms with E-state index in [2.05, 4.69) is 21.2 Å². The number of carbonyl (C=O) groups is 2. The standard InChI is InChI=1S/C17H24BrNO3S/c1-5-13(6-2)19-16(20)9-22-17(21)10-23-15-8-11(3)14(18)7-12(15)4/h7-8,13H,5-6,9-10H2,1-4H3,(H,19,20). The smallest absolute Gasteiger partial charge is 0.316 e. The van der Waals surface area contributed by atoms with Crippen LogP contribution in [0.25, 0.3) is 0 Å². The summed E-state index contributed by atoms with van der Waals surface area (Å²) in [5.41, 5.74) is 2.22. The zero-order valence-electron chi connectivity index (χ0n) is 14.1. The third kappa shape index (κ3) is 6.96. The lowest BCUT2D eigenvalue weighted by Gasteiger charge is -2.14. The Morgan fingerprint density at radius 3 is 2.48 bits per heavy atom. The normalized spacial score (nSPS) is 10.7. The van der Waals surface area contributed by atoms with Gasteiger partial charge in [0.1, 0.15) is 0 Å². The maximum Gasteiger partial charge on any atom is 0.316 e. The fraction of sp³-hybridized carbons (Fsp3) is 0.529. The Kier molecular flexibility index (Phi) is 8.69. The first-order valence-electron chi connectivity index (χ1n) is 7.71. The van der Waals surface area contributed by atoms with E-state index in [4.69, 9.17) is 4.74 Å². The van der Waals surface area contributed by atoms with Crippen LogP contribution in [-0.2, 0) is 14.3 Å². The largest absolute Gasteiger partial charge is 0.455 e. The number of carbonyl (C=O) groups excluding carboxylic acids is 2. The van der Waals surface area contributed by atoms with Gasteiger partial charge in [0.05, 0.1) is 5.75 Å². The highest BCUT2D eigenvalue weighted by Gasteiger charge is 2.12. The van der Waals surface area contributed by atoms with Crippen molar-refractivity contribution in [1.29, 1.82) is 0 Å². The van der Waals surface area contributed by atoms with Crippen LogP contribution in [0.5, 0.6) is 0 Å². The Labute approximate surface area is 150 Å². The monoisotopic (exact) mass is 401 g/mol. The Morgan fingerprint density at radius 2 is 1.87 bits per heavy atom. The fourth-order valence-corrected chi connectivity index (χ4v) is 3.36. The van der Waals surface area contributed by atoms with Crippen LogP contribution >= 0.6 is 27.7 Å². The fourth-order valence-electron chi connectivity index (χ4n) is 2.00.